The van der Waals surface area contributed by atoms with Crippen molar-refractivity contribution in [3.8, 4) is 0 Å². The zero-order valence-corrected chi connectivity index (χ0v) is 18.0. The molecule has 0 fully saturated rings. The van der Waals surface area contributed by atoms with Crippen LogP contribution in [0.25, 0.3) is 0 Å². The van der Waals surface area contributed by atoms with Crippen LogP contribution in [0.3, 0.4) is 0 Å². The van der Waals surface area contributed by atoms with Crippen LogP contribution >= 0.6 is 11.8 Å². The molecule has 0 saturated heterocycles. The summed E-state index contributed by atoms with van der Waals surface area (Å²) in [5.74, 6) is -0.108. The minimum Gasteiger partial charge on any atom is -0.352 e. The summed E-state index contributed by atoms with van der Waals surface area (Å²) in [5.41, 5.74) is 5.16. The molecule has 156 valence electrons. The second kappa shape index (κ2) is 9.16. The lowest BCUT2D eigenvalue weighted by Gasteiger charge is -2.08. The highest BCUT2D eigenvalue weighted by Gasteiger charge is 2.20. The molecular weight excluding hydrogens is 416 g/mol. The molecule has 1 amide bonds. The SMILES string of the molecule is O=C(NCCc1ccncc1)c1ccc2c(c1)N=C(c1ccccn1)c1ccccc1S2. The van der Waals surface area contributed by atoms with E-state index in [-0.39, 0.29) is 5.91 Å². The molecule has 0 atom stereocenters. The molecule has 1 aliphatic rings. The summed E-state index contributed by atoms with van der Waals surface area (Å²) in [5, 5.41) is 3.00. The molecule has 3 heterocycles. The van der Waals surface area contributed by atoms with Crippen molar-refractivity contribution >= 4 is 29.1 Å². The normalized spacial score (nSPS) is 12.2. The average Bonchev–Trinajstić information content (AvgIpc) is 3.01. The Morgan fingerprint density at radius 3 is 2.56 bits per heavy atom. The zero-order chi connectivity index (χ0) is 21.8. The van der Waals surface area contributed by atoms with Gasteiger partial charge in [-0.3, -0.25) is 14.8 Å². The summed E-state index contributed by atoms with van der Waals surface area (Å²) in [6, 6.07) is 23.6. The van der Waals surface area contributed by atoms with Crippen LogP contribution in [0.15, 0.2) is 106 Å². The van der Waals surface area contributed by atoms with Gasteiger partial charge in [-0.05, 0) is 60.5 Å². The number of fused-ring (bicyclic) bond motifs is 2. The Morgan fingerprint density at radius 2 is 1.72 bits per heavy atom. The van der Waals surface area contributed by atoms with E-state index >= 15 is 0 Å². The average molecular weight is 437 g/mol. The minimum atomic E-state index is -0.108. The number of nitrogens with one attached hydrogen (secondary N) is 1. The third kappa shape index (κ3) is 4.31. The smallest absolute Gasteiger partial charge is 0.251 e. The summed E-state index contributed by atoms with van der Waals surface area (Å²) in [4.78, 5) is 28.4. The van der Waals surface area contributed by atoms with Gasteiger partial charge in [-0.2, -0.15) is 0 Å². The van der Waals surface area contributed by atoms with Gasteiger partial charge < -0.3 is 5.32 Å². The first kappa shape index (κ1) is 20.2. The monoisotopic (exact) mass is 436 g/mol. The maximum atomic E-state index is 12.8. The first-order valence-corrected chi connectivity index (χ1v) is 11.2. The molecule has 6 heteroatoms. The predicted molar refractivity (Wildman–Crippen MR) is 127 cm³/mol. The van der Waals surface area contributed by atoms with Gasteiger partial charge in [0.2, 0.25) is 0 Å². The summed E-state index contributed by atoms with van der Waals surface area (Å²) in [6.45, 7) is 0.558. The number of aliphatic imine (C=N–C) groups is 1. The molecule has 2 aromatic carbocycles. The molecule has 5 rings (SSSR count). The van der Waals surface area contributed by atoms with E-state index in [1.165, 1.54) is 0 Å². The number of rotatable bonds is 5. The first-order valence-electron chi connectivity index (χ1n) is 10.4. The standard InChI is InChI=1S/C26H20N4OS/c31-26(29-16-12-18-10-14-27-15-11-18)19-8-9-24-22(17-19)30-25(21-6-3-4-13-28-21)20-5-1-2-7-23(20)32-24/h1-11,13-15,17H,12,16H2,(H,29,31). The molecule has 0 saturated carbocycles. The van der Waals surface area contributed by atoms with Gasteiger partial charge in [-0.15, -0.1) is 0 Å². The van der Waals surface area contributed by atoms with Gasteiger partial charge >= 0.3 is 0 Å². The summed E-state index contributed by atoms with van der Waals surface area (Å²) < 4.78 is 0. The molecule has 5 nitrogen and oxygen atoms in total. The van der Waals surface area contributed by atoms with Gasteiger partial charge in [0.1, 0.15) is 0 Å². The van der Waals surface area contributed by atoms with Crippen LogP contribution in [-0.2, 0) is 6.42 Å². The topological polar surface area (TPSA) is 67.2 Å². The van der Waals surface area contributed by atoms with Crippen LogP contribution in [0.1, 0.15) is 27.2 Å². The Morgan fingerprint density at radius 1 is 0.875 bits per heavy atom. The van der Waals surface area contributed by atoms with Gasteiger partial charge in [-0.25, -0.2) is 4.99 Å². The van der Waals surface area contributed by atoms with Crippen LogP contribution in [-0.4, -0.2) is 28.1 Å². The fraction of sp³-hybridized carbons (Fsp3) is 0.0769. The van der Waals surface area contributed by atoms with Gasteiger partial charge in [-0.1, -0.05) is 36.0 Å². The van der Waals surface area contributed by atoms with Crippen LogP contribution in [0.5, 0.6) is 0 Å². The molecule has 32 heavy (non-hydrogen) atoms. The molecule has 1 aliphatic heterocycles. The molecule has 0 spiro atoms. The van der Waals surface area contributed by atoms with E-state index in [1.807, 2.05) is 60.7 Å². The molecule has 0 unspecified atom stereocenters. The quantitative estimate of drug-likeness (QED) is 0.417. The van der Waals surface area contributed by atoms with Crippen molar-refractivity contribution in [2.24, 2.45) is 4.99 Å². The highest BCUT2D eigenvalue weighted by Crippen LogP contribution is 2.41. The van der Waals surface area contributed by atoms with Gasteiger partial charge in [0, 0.05) is 46.1 Å². The van der Waals surface area contributed by atoms with Crippen LogP contribution in [0, 0.1) is 0 Å². The van der Waals surface area contributed by atoms with Crippen molar-refractivity contribution in [3.63, 3.8) is 0 Å². The van der Waals surface area contributed by atoms with Crippen LogP contribution < -0.4 is 5.32 Å². The third-order valence-corrected chi connectivity index (χ3v) is 6.31. The maximum Gasteiger partial charge on any atom is 0.251 e. The second-order valence-corrected chi connectivity index (χ2v) is 8.40. The number of hydrogen-bond acceptors (Lipinski definition) is 5. The Balaban J connectivity index is 1.44. The lowest BCUT2D eigenvalue weighted by Crippen LogP contribution is -2.25. The molecular formula is C26H20N4OS. The van der Waals surface area contributed by atoms with E-state index in [0.717, 1.165) is 44.4 Å². The van der Waals surface area contributed by atoms with Gasteiger partial charge in [0.15, 0.2) is 0 Å². The fourth-order valence-electron chi connectivity index (χ4n) is 3.55. The lowest BCUT2D eigenvalue weighted by molar-refractivity contribution is 0.0954. The third-order valence-electron chi connectivity index (χ3n) is 5.17. The van der Waals surface area contributed by atoms with E-state index in [0.29, 0.717) is 12.1 Å². The summed E-state index contributed by atoms with van der Waals surface area (Å²) in [6.07, 6.45) is 6.05. The minimum absolute atomic E-state index is 0.108. The van der Waals surface area contributed by atoms with Gasteiger partial charge in [0.25, 0.3) is 5.91 Å². The second-order valence-electron chi connectivity index (χ2n) is 7.32. The predicted octanol–water partition coefficient (Wildman–Crippen LogP) is 5.08. The van der Waals surface area contributed by atoms with Crippen molar-refractivity contribution in [1.29, 1.82) is 0 Å². The molecule has 0 bridgehead atoms. The molecule has 0 aliphatic carbocycles. The van der Waals surface area contributed by atoms with Gasteiger partial charge in [0.05, 0.1) is 17.1 Å². The number of benzene rings is 2. The van der Waals surface area contributed by atoms with Crippen molar-refractivity contribution in [3.05, 3.63) is 114 Å². The van der Waals surface area contributed by atoms with E-state index in [1.54, 1.807) is 30.4 Å². The highest BCUT2D eigenvalue weighted by molar-refractivity contribution is 7.99. The van der Waals surface area contributed by atoms with E-state index in [4.69, 9.17) is 4.99 Å². The summed E-state index contributed by atoms with van der Waals surface area (Å²) >= 11 is 1.66. The van der Waals surface area contributed by atoms with Crippen LogP contribution in [0.2, 0.25) is 0 Å². The number of carbonyl (C=O) groups excluding carboxylic acids is 1. The number of amides is 1. The first-order chi connectivity index (χ1) is 15.8. The largest absolute Gasteiger partial charge is 0.352 e. The zero-order valence-electron chi connectivity index (χ0n) is 17.2. The van der Waals surface area contributed by atoms with Crippen molar-refractivity contribution in [2.75, 3.05) is 6.54 Å². The molecule has 4 aromatic rings. The number of nitrogens with zero attached hydrogens (tertiary/aromatic N) is 3. The lowest BCUT2D eigenvalue weighted by atomic mass is 10.1. The summed E-state index contributed by atoms with van der Waals surface area (Å²) in [7, 11) is 0. The Labute approximate surface area is 190 Å². The fourth-order valence-corrected chi connectivity index (χ4v) is 4.56. The number of hydrogen-bond donors (Lipinski definition) is 1. The Hall–Kier alpha value is -3.77. The number of pyridine rings is 2. The number of aromatic nitrogens is 2. The Kier molecular flexibility index (Phi) is 5.77. The van der Waals surface area contributed by atoms with Crippen molar-refractivity contribution in [2.45, 2.75) is 16.2 Å². The van der Waals surface area contributed by atoms with Crippen LogP contribution in [0.4, 0.5) is 5.69 Å². The number of carbonyl (C=O) groups is 1. The molecule has 1 N–H and O–H groups in total. The van der Waals surface area contributed by atoms with E-state index in [2.05, 4.69) is 27.4 Å². The van der Waals surface area contributed by atoms with Crippen molar-refractivity contribution in [1.82, 2.24) is 15.3 Å². The molecule has 0 radical (unpaired) electrons. The Bertz CT molecular complexity index is 1290. The van der Waals surface area contributed by atoms with Crippen molar-refractivity contribution < 1.29 is 4.79 Å². The van der Waals surface area contributed by atoms with E-state index in [9.17, 15) is 4.79 Å². The highest BCUT2D eigenvalue weighted by atomic mass is 32.2. The maximum absolute atomic E-state index is 12.8. The van der Waals surface area contributed by atoms with E-state index < -0.39 is 0 Å². The molecule has 2 aromatic heterocycles.